The Morgan fingerprint density at radius 1 is 1.28 bits per heavy atom. The molecule has 0 aliphatic carbocycles. The molecule has 25 heavy (non-hydrogen) atoms. The van der Waals surface area contributed by atoms with Crippen LogP contribution < -0.4 is 16.0 Å². The van der Waals surface area contributed by atoms with Gasteiger partial charge in [0.2, 0.25) is 5.91 Å². The third-order valence-electron chi connectivity index (χ3n) is 4.67. The summed E-state index contributed by atoms with van der Waals surface area (Å²) in [4.78, 5) is 34.5. The molecular formula is C16H30ClN3O5. The van der Waals surface area contributed by atoms with Gasteiger partial charge in [-0.25, -0.2) is 4.79 Å². The van der Waals surface area contributed by atoms with Crippen molar-refractivity contribution in [2.45, 2.75) is 70.6 Å². The van der Waals surface area contributed by atoms with Gasteiger partial charge in [-0.15, -0.1) is 12.4 Å². The average molecular weight is 380 g/mol. The van der Waals surface area contributed by atoms with Gasteiger partial charge in [-0.1, -0.05) is 26.7 Å². The highest BCUT2D eigenvalue weighted by atomic mass is 35.5. The van der Waals surface area contributed by atoms with E-state index in [0.717, 1.165) is 19.3 Å². The van der Waals surface area contributed by atoms with Crippen molar-refractivity contribution in [2.24, 2.45) is 5.92 Å². The lowest BCUT2D eigenvalue weighted by atomic mass is 9.89. The lowest BCUT2D eigenvalue weighted by Crippen LogP contribution is -2.56. The number of carbonyl (C=O) groups excluding carboxylic acids is 2. The zero-order valence-electron chi connectivity index (χ0n) is 15.2. The molecule has 0 radical (unpaired) electrons. The van der Waals surface area contributed by atoms with E-state index in [1.54, 1.807) is 0 Å². The van der Waals surface area contributed by atoms with Gasteiger partial charge < -0.3 is 20.5 Å². The molecule has 146 valence electrons. The average Bonchev–Trinajstić information content (AvgIpc) is 2.94. The molecule has 1 rings (SSSR count). The number of carboxylic acid groups (broad SMARTS) is 1. The van der Waals surface area contributed by atoms with Crippen molar-refractivity contribution in [3.63, 3.8) is 0 Å². The molecule has 4 N–H and O–H groups in total. The maximum atomic E-state index is 11.6. The van der Waals surface area contributed by atoms with Gasteiger partial charge in [-0.2, -0.15) is 0 Å². The Bertz CT molecular complexity index is 459. The zero-order valence-corrected chi connectivity index (χ0v) is 16.0. The topological polar surface area (TPSA) is 117 Å². The van der Waals surface area contributed by atoms with E-state index in [-0.39, 0.29) is 36.8 Å². The van der Waals surface area contributed by atoms with Crippen LogP contribution in [0.25, 0.3) is 0 Å². The van der Waals surface area contributed by atoms with Crippen molar-refractivity contribution in [3.05, 3.63) is 0 Å². The van der Waals surface area contributed by atoms with E-state index in [0.29, 0.717) is 5.92 Å². The minimum Gasteiger partial charge on any atom is -0.480 e. The number of alkyl carbamates (subject to hydrolysis) is 1. The van der Waals surface area contributed by atoms with Crippen LogP contribution in [0.15, 0.2) is 0 Å². The summed E-state index contributed by atoms with van der Waals surface area (Å²) >= 11 is 0. The molecule has 1 aliphatic rings. The van der Waals surface area contributed by atoms with Crippen molar-refractivity contribution >= 4 is 30.4 Å². The van der Waals surface area contributed by atoms with Gasteiger partial charge in [0.05, 0.1) is 13.2 Å². The number of aliphatic carboxylic acids is 1. The first kappa shape index (κ1) is 23.5. The number of carboxylic acids is 1. The summed E-state index contributed by atoms with van der Waals surface area (Å²) in [6.45, 7) is 5.61. The van der Waals surface area contributed by atoms with E-state index in [9.17, 15) is 19.5 Å². The predicted molar refractivity (Wildman–Crippen MR) is 95.8 cm³/mol. The molecule has 0 spiro atoms. The second-order valence-corrected chi connectivity index (χ2v) is 6.29. The maximum absolute atomic E-state index is 11.6. The summed E-state index contributed by atoms with van der Waals surface area (Å²) in [5.74, 6) is -0.743. The Kier molecular flexibility index (Phi) is 10.5. The summed E-state index contributed by atoms with van der Waals surface area (Å²) < 4.78 is 4.63. The second kappa shape index (κ2) is 11.1. The third-order valence-corrected chi connectivity index (χ3v) is 4.67. The van der Waals surface area contributed by atoms with E-state index in [4.69, 9.17) is 0 Å². The number of hydrogen-bond donors (Lipinski definition) is 4. The Balaban J connectivity index is 0.00000576. The minimum atomic E-state index is -0.974. The number of rotatable bonds is 8. The van der Waals surface area contributed by atoms with Crippen LogP contribution in [0.4, 0.5) is 4.79 Å². The van der Waals surface area contributed by atoms with Gasteiger partial charge in [0.25, 0.3) is 0 Å². The van der Waals surface area contributed by atoms with Gasteiger partial charge in [0.15, 0.2) is 0 Å². The number of ether oxygens (including phenoxy) is 1. The molecule has 9 heteroatoms. The maximum Gasteiger partial charge on any atom is 0.407 e. The highest BCUT2D eigenvalue weighted by molar-refractivity contribution is 5.85. The molecule has 1 heterocycles. The number of halogens is 1. The predicted octanol–water partition coefficient (Wildman–Crippen LogP) is 1.28. The summed E-state index contributed by atoms with van der Waals surface area (Å²) in [6, 6.07) is -1.83. The van der Waals surface area contributed by atoms with Crippen molar-refractivity contribution < 1.29 is 24.2 Å². The van der Waals surface area contributed by atoms with Gasteiger partial charge in [0, 0.05) is 19.0 Å². The van der Waals surface area contributed by atoms with E-state index >= 15 is 0 Å². The SMILES string of the molecule is CCC(CC)C[C@H](NC(C)=O)[C@@H]1N[C@@H](C(=O)O)C[C@H]1NC(=O)OC.Cl. The Morgan fingerprint density at radius 2 is 1.88 bits per heavy atom. The standard InChI is InChI=1S/C16H29N3O5.ClH/c1-5-10(6-2)7-11(17-9(3)20)14-12(19-16(23)24-4)8-13(18-14)15(21)22;/h10-14,18H,5-8H2,1-4H3,(H,17,20)(H,19,23)(H,21,22);1H/t11-,12+,13+,14-;/m0./s1. The summed E-state index contributed by atoms with van der Waals surface area (Å²) in [5.41, 5.74) is 0. The normalized spacial score (nSPS) is 23.5. The number of nitrogens with one attached hydrogen (secondary N) is 3. The quantitative estimate of drug-likeness (QED) is 0.504. The van der Waals surface area contributed by atoms with Gasteiger partial charge in [-0.05, 0) is 18.8 Å². The number of hydrogen-bond acceptors (Lipinski definition) is 5. The highest BCUT2D eigenvalue weighted by Crippen LogP contribution is 2.23. The zero-order chi connectivity index (χ0) is 18.3. The van der Waals surface area contributed by atoms with Gasteiger partial charge >= 0.3 is 12.1 Å². The van der Waals surface area contributed by atoms with Crippen molar-refractivity contribution in [3.8, 4) is 0 Å². The number of methoxy groups -OCH3 is 1. The fraction of sp³-hybridized carbons (Fsp3) is 0.812. The molecule has 1 fully saturated rings. The van der Waals surface area contributed by atoms with Crippen LogP contribution in [0, 0.1) is 5.92 Å². The van der Waals surface area contributed by atoms with Crippen LogP contribution in [-0.2, 0) is 14.3 Å². The van der Waals surface area contributed by atoms with Crippen molar-refractivity contribution in [1.29, 1.82) is 0 Å². The molecule has 8 nitrogen and oxygen atoms in total. The first-order valence-corrected chi connectivity index (χ1v) is 8.42. The molecule has 0 aromatic rings. The summed E-state index contributed by atoms with van der Waals surface area (Å²) in [7, 11) is 1.26. The minimum absolute atomic E-state index is 0. The molecule has 0 aromatic carbocycles. The van der Waals surface area contributed by atoms with Gasteiger partial charge in [0.1, 0.15) is 6.04 Å². The van der Waals surface area contributed by atoms with Crippen LogP contribution >= 0.6 is 12.4 Å². The Labute approximate surface area is 154 Å². The highest BCUT2D eigenvalue weighted by Gasteiger charge is 2.42. The molecular weight excluding hydrogens is 350 g/mol. The lowest BCUT2D eigenvalue weighted by Gasteiger charge is -2.31. The molecule has 4 atom stereocenters. The summed E-state index contributed by atoms with van der Waals surface area (Å²) in [6.07, 6.45) is 2.29. The smallest absolute Gasteiger partial charge is 0.407 e. The van der Waals surface area contributed by atoms with Crippen LogP contribution in [-0.4, -0.2) is 54.4 Å². The number of carbonyl (C=O) groups is 3. The summed E-state index contributed by atoms with van der Waals surface area (Å²) in [5, 5.41) is 17.9. The second-order valence-electron chi connectivity index (χ2n) is 6.29. The third kappa shape index (κ3) is 7.07. The van der Waals surface area contributed by atoms with Crippen LogP contribution in [0.1, 0.15) is 46.5 Å². The lowest BCUT2D eigenvalue weighted by molar-refractivity contribution is -0.139. The van der Waals surface area contributed by atoms with Gasteiger partial charge in [-0.3, -0.25) is 14.9 Å². The molecule has 0 unspecified atom stereocenters. The molecule has 1 aliphatic heterocycles. The van der Waals surface area contributed by atoms with Crippen molar-refractivity contribution in [1.82, 2.24) is 16.0 Å². The first-order valence-electron chi connectivity index (χ1n) is 8.42. The fourth-order valence-electron chi connectivity index (χ4n) is 3.28. The van der Waals surface area contributed by atoms with E-state index in [2.05, 4.69) is 34.5 Å². The van der Waals surface area contributed by atoms with Crippen LogP contribution in [0.5, 0.6) is 0 Å². The Morgan fingerprint density at radius 3 is 2.32 bits per heavy atom. The van der Waals surface area contributed by atoms with E-state index in [1.807, 2.05) is 0 Å². The molecule has 0 bridgehead atoms. The van der Waals surface area contributed by atoms with Crippen molar-refractivity contribution in [2.75, 3.05) is 7.11 Å². The van der Waals surface area contributed by atoms with Crippen LogP contribution in [0.3, 0.4) is 0 Å². The Hall–Kier alpha value is -1.54. The monoisotopic (exact) mass is 379 g/mol. The molecule has 0 saturated carbocycles. The largest absolute Gasteiger partial charge is 0.480 e. The number of amides is 2. The molecule has 0 aromatic heterocycles. The fourth-order valence-corrected chi connectivity index (χ4v) is 3.28. The molecule has 1 saturated heterocycles. The van der Waals surface area contributed by atoms with Crippen LogP contribution in [0.2, 0.25) is 0 Å². The first-order chi connectivity index (χ1) is 11.3. The van der Waals surface area contributed by atoms with E-state index < -0.39 is 24.1 Å². The molecule has 2 amide bonds. The van der Waals surface area contributed by atoms with E-state index in [1.165, 1.54) is 14.0 Å².